The highest BCUT2D eigenvalue weighted by Crippen LogP contribution is 2.37. The predicted octanol–water partition coefficient (Wildman–Crippen LogP) is 2.50. The van der Waals surface area contributed by atoms with Gasteiger partial charge in [-0.1, -0.05) is 12.1 Å². The zero-order valence-electron chi connectivity index (χ0n) is 17.5. The molecule has 6 nitrogen and oxygen atoms in total. The van der Waals surface area contributed by atoms with Gasteiger partial charge in [-0.05, 0) is 74.7 Å². The lowest BCUT2D eigenvalue weighted by Gasteiger charge is -2.33. The quantitative estimate of drug-likeness (QED) is 0.650. The number of halogens is 2. The summed E-state index contributed by atoms with van der Waals surface area (Å²) in [7, 11) is 0. The van der Waals surface area contributed by atoms with Crippen LogP contribution in [0.2, 0.25) is 0 Å². The van der Waals surface area contributed by atoms with Crippen molar-refractivity contribution in [1.29, 1.82) is 0 Å². The summed E-state index contributed by atoms with van der Waals surface area (Å²) in [5, 5.41) is 9.89. The van der Waals surface area contributed by atoms with E-state index < -0.39 is 0 Å². The number of nitrogens with one attached hydrogen (secondary N) is 3. The molecular weight excluding hydrogens is 423 g/mol. The summed E-state index contributed by atoms with van der Waals surface area (Å²) in [5.41, 5.74) is 2.06. The van der Waals surface area contributed by atoms with Crippen LogP contribution in [0.3, 0.4) is 0 Å². The summed E-state index contributed by atoms with van der Waals surface area (Å²) in [6.07, 6.45) is 6.65. The van der Waals surface area contributed by atoms with Crippen molar-refractivity contribution < 1.29 is 9.59 Å². The van der Waals surface area contributed by atoms with Gasteiger partial charge in [0.05, 0.1) is 6.04 Å². The second kappa shape index (κ2) is 11.3. The van der Waals surface area contributed by atoms with Crippen LogP contribution >= 0.6 is 24.8 Å². The smallest absolute Gasteiger partial charge is 0.253 e. The van der Waals surface area contributed by atoms with Crippen LogP contribution < -0.4 is 16.0 Å². The lowest BCUT2D eigenvalue weighted by atomic mass is 9.77. The third kappa shape index (κ3) is 5.88. The topological polar surface area (TPSA) is 73.5 Å². The van der Waals surface area contributed by atoms with Crippen LogP contribution in [0.5, 0.6) is 0 Å². The Labute approximate surface area is 191 Å². The zero-order valence-corrected chi connectivity index (χ0v) is 19.1. The van der Waals surface area contributed by atoms with Gasteiger partial charge in [-0.25, -0.2) is 0 Å². The van der Waals surface area contributed by atoms with Crippen LogP contribution in [0.25, 0.3) is 0 Å². The van der Waals surface area contributed by atoms with Crippen molar-refractivity contribution in [3.05, 3.63) is 35.4 Å². The molecular formula is C22H34Cl2N4O2. The minimum absolute atomic E-state index is 0. The minimum Gasteiger partial charge on any atom is -0.351 e. The molecule has 1 atom stereocenters. The van der Waals surface area contributed by atoms with Gasteiger partial charge in [0.2, 0.25) is 5.91 Å². The molecule has 1 spiro atoms. The number of likely N-dealkylation sites (tertiary alicyclic amines) is 1. The van der Waals surface area contributed by atoms with Gasteiger partial charge in [0.15, 0.2) is 0 Å². The van der Waals surface area contributed by atoms with E-state index in [9.17, 15) is 9.59 Å². The van der Waals surface area contributed by atoms with Gasteiger partial charge in [-0.3, -0.25) is 9.59 Å². The Morgan fingerprint density at radius 2 is 1.70 bits per heavy atom. The van der Waals surface area contributed by atoms with E-state index in [-0.39, 0.29) is 42.7 Å². The molecule has 3 saturated heterocycles. The zero-order chi connectivity index (χ0) is 19.4. The molecule has 0 aliphatic carbocycles. The first-order chi connectivity index (χ1) is 13.7. The highest BCUT2D eigenvalue weighted by molar-refractivity contribution is 5.94. The molecule has 1 aromatic carbocycles. The van der Waals surface area contributed by atoms with Gasteiger partial charge in [-0.15, -0.1) is 24.8 Å². The molecule has 3 aliphatic rings. The molecule has 3 heterocycles. The summed E-state index contributed by atoms with van der Waals surface area (Å²) in [4.78, 5) is 27.1. The molecule has 0 bridgehead atoms. The number of benzene rings is 1. The van der Waals surface area contributed by atoms with E-state index in [0.717, 1.165) is 76.0 Å². The molecule has 1 unspecified atom stereocenters. The van der Waals surface area contributed by atoms with Gasteiger partial charge in [-0.2, -0.15) is 0 Å². The number of amides is 2. The maximum Gasteiger partial charge on any atom is 0.253 e. The first-order valence-electron chi connectivity index (χ1n) is 10.8. The third-order valence-electron chi connectivity index (χ3n) is 6.65. The van der Waals surface area contributed by atoms with Crippen molar-refractivity contribution in [3.8, 4) is 0 Å². The SMILES string of the molecule is Cl.Cl.O=C(NCc1ccc(C(=O)N2CCCCC2)cc1)C1CC2(CCNCC2)CN1. The van der Waals surface area contributed by atoms with Gasteiger partial charge >= 0.3 is 0 Å². The predicted molar refractivity (Wildman–Crippen MR) is 123 cm³/mol. The molecule has 3 aliphatic heterocycles. The van der Waals surface area contributed by atoms with E-state index in [1.54, 1.807) is 0 Å². The fraction of sp³-hybridized carbons (Fsp3) is 0.636. The Hall–Kier alpha value is -1.34. The molecule has 1 aromatic rings. The Bertz CT molecular complexity index is 702. The Morgan fingerprint density at radius 3 is 2.37 bits per heavy atom. The molecule has 3 N–H and O–H groups in total. The van der Waals surface area contributed by atoms with Crippen LogP contribution in [0.4, 0.5) is 0 Å². The average molecular weight is 457 g/mol. The van der Waals surface area contributed by atoms with Crippen LogP contribution in [0.15, 0.2) is 24.3 Å². The Kier molecular flexibility index (Phi) is 9.41. The molecule has 30 heavy (non-hydrogen) atoms. The van der Waals surface area contributed by atoms with Crippen LogP contribution in [0.1, 0.15) is 54.4 Å². The fourth-order valence-electron chi connectivity index (χ4n) is 4.80. The maximum absolute atomic E-state index is 12.6. The van der Waals surface area contributed by atoms with Crippen LogP contribution in [0, 0.1) is 5.41 Å². The number of hydrogen-bond acceptors (Lipinski definition) is 4. The van der Waals surface area contributed by atoms with E-state index in [1.165, 1.54) is 6.42 Å². The lowest BCUT2D eigenvalue weighted by molar-refractivity contribution is -0.123. The first-order valence-corrected chi connectivity index (χ1v) is 10.8. The second-order valence-corrected chi connectivity index (χ2v) is 8.66. The second-order valence-electron chi connectivity index (χ2n) is 8.66. The maximum atomic E-state index is 12.6. The number of nitrogens with zero attached hydrogens (tertiary/aromatic N) is 1. The number of piperidine rings is 2. The molecule has 0 aromatic heterocycles. The van der Waals surface area contributed by atoms with E-state index >= 15 is 0 Å². The van der Waals surface area contributed by atoms with Gasteiger partial charge in [0.1, 0.15) is 0 Å². The first kappa shape index (κ1) is 24.9. The highest BCUT2D eigenvalue weighted by Gasteiger charge is 2.41. The molecule has 3 fully saturated rings. The average Bonchev–Trinajstić information content (AvgIpc) is 3.16. The van der Waals surface area contributed by atoms with Gasteiger partial charge in [0, 0.05) is 31.7 Å². The van der Waals surface area contributed by atoms with E-state index in [1.807, 2.05) is 29.2 Å². The van der Waals surface area contributed by atoms with E-state index in [0.29, 0.717) is 12.0 Å². The van der Waals surface area contributed by atoms with Crippen molar-refractivity contribution in [2.24, 2.45) is 5.41 Å². The van der Waals surface area contributed by atoms with Crippen LogP contribution in [-0.4, -0.2) is 55.5 Å². The minimum atomic E-state index is -0.0851. The normalized spacial score (nSPS) is 22.7. The summed E-state index contributed by atoms with van der Waals surface area (Å²) < 4.78 is 0. The largest absolute Gasteiger partial charge is 0.351 e. The summed E-state index contributed by atoms with van der Waals surface area (Å²) in [5.74, 6) is 0.210. The number of carbonyl (C=O) groups is 2. The monoisotopic (exact) mass is 456 g/mol. The van der Waals surface area contributed by atoms with E-state index in [2.05, 4.69) is 16.0 Å². The molecule has 2 amide bonds. The Morgan fingerprint density at radius 1 is 1.03 bits per heavy atom. The van der Waals surface area contributed by atoms with Crippen molar-refractivity contribution >= 4 is 36.6 Å². The number of carbonyl (C=O) groups excluding carboxylic acids is 2. The fourth-order valence-corrected chi connectivity index (χ4v) is 4.80. The van der Waals surface area contributed by atoms with Crippen molar-refractivity contribution in [2.75, 3.05) is 32.7 Å². The molecule has 8 heteroatoms. The van der Waals surface area contributed by atoms with E-state index in [4.69, 9.17) is 0 Å². The molecule has 168 valence electrons. The summed E-state index contributed by atoms with van der Waals surface area (Å²) in [6, 6.07) is 7.59. The lowest BCUT2D eigenvalue weighted by Crippen LogP contribution is -2.40. The molecule has 4 rings (SSSR count). The van der Waals surface area contributed by atoms with Crippen LogP contribution in [-0.2, 0) is 11.3 Å². The standard InChI is InChI=1S/C22H32N4O2.2ClH/c27-20(19-14-22(16-25-19)8-10-23-11-9-22)24-15-17-4-6-18(7-5-17)21(28)26-12-2-1-3-13-26;;/h4-7,19,23,25H,1-3,8-16H2,(H,24,27);2*1H. The molecule has 0 saturated carbocycles. The Balaban J connectivity index is 0.00000160. The van der Waals surface area contributed by atoms with Crippen molar-refractivity contribution in [3.63, 3.8) is 0 Å². The third-order valence-corrected chi connectivity index (χ3v) is 6.65. The van der Waals surface area contributed by atoms with Crippen molar-refractivity contribution in [2.45, 2.75) is 51.1 Å². The van der Waals surface area contributed by atoms with Gasteiger partial charge in [0.25, 0.3) is 5.91 Å². The summed E-state index contributed by atoms with van der Waals surface area (Å²) in [6.45, 7) is 5.28. The van der Waals surface area contributed by atoms with Crippen molar-refractivity contribution in [1.82, 2.24) is 20.9 Å². The number of hydrogen-bond donors (Lipinski definition) is 3. The number of rotatable bonds is 4. The highest BCUT2D eigenvalue weighted by atomic mass is 35.5. The molecule has 0 radical (unpaired) electrons. The van der Waals surface area contributed by atoms with Gasteiger partial charge < -0.3 is 20.9 Å². The summed E-state index contributed by atoms with van der Waals surface area (Å²) >= 11 is 0.